The zero-order chi connectivity index (χ0) is 16.2. The molecule has 1 aromatic carbocycles. The number of aryl methyl sites for hydroxylation is 2. The van der Waals surface area contributed by atoms with Crippen molar-refractivity contribution in [3.63, 3.8) is 0 Å². The number of carbonyl (C=O) groups is 1. The summed E-state index contributed by atoms with van der Waals surface area (Å²) < 4.78 is 0. The topological polar surface area (TPSA) is 70.7 Å². The summed E-state index contributed by atoms with van der Waals surface area (Å²) in [5.41, 5.74) is 4.78. The van der Waals surface area contributed by atoms with E-state index < -0.39 is 0 Å². The molecule has 0 spiro atoms. The average Bonchev–Trinajstić information content (AvgIpc) is 2.88. The number of carbonyl (C=O) groups excluding carboxylic acids is 1. The molecule has 0 saturated carbocycles. The minimum atomic E-state index is -0.0232. The van der Waals surface area contributed by atoms with Crippen molar-refractivity contribution in [2.75, 3.05) is 11.1 Å². The zero-order valence-corrected chi connectivity index (χ0v) is 13.9. The Morgan fingerprint density at radius 2 is 2.17 bits per heavy atom. The second kappa shape index (κ2) is 6.83. The first-order chi connectivity index (χ1) is 11.1. The molecule has 5 nitrogen and oxygen atoms in total. The Bertz CT molecular complexity index is 843. The minimum absolute atomic E-state index is 0.0232. The number of aromatic amines is 1. The highest BCUT2D eigenvalue weighted by Gasteiger charge is 2.07. The Balaban J connectivity index is 1.55. The van der Waals surface area contributed by atoms with Gasteiger partial charge in [0.2, 0.25) is 5.91 Å². The van der Waals surface area contributed by atoms with Crippen LogP contribution in [-0.2, 0) is 10.5 Å². The highest BCUT2D eigenvalue weighted by Crippen LogP contribution is 2.18. The molecule has 118 valence electrons. The molecular formula is C17H18N4OS. The fraction of sp³-hybridized carbons (Fsp3) is 0.235. The monoisotopic (exact) mass is 326 g/mol. The van der Waals surface area contributed by atoms with E-state index in [1.807, 2.05) is 19.1 Å². The van der Waals surface area contributed by atoms with Crippen LogP contribution in [0.25, 0.3) is 11.0 Å². The summed E-state index contributed by atoms with van der Waals surface area (Å²) in [4.78, 5) is 16.3. The number of benzene rings is 1. The molecule has 3 rings (SSSR count). The number of amides is 1. The van der Waals surface area contributed by atoms with Crippen molar-refractivity contribution >= 4 is 34.4 Å². The van der Waals surface area contributed by atoms with E-state index in [4.69, 9.17) is 0 Å². The maximum absolute atomic E-state index is 12.0. The lowest BCUT2D eigenvalue weighted by molar-refractivity contribution is -0.113. The third-order valence-corrected chi connectivity index (χ3v) is 4.47. The van der Waals surface area contributed by atoms with Gasteiger partial charge in [0.15, 0.2) is 5.65 Å². The van der Waals surface area contributed by atoms with E-state index in [1.54, 1.807) is 18.0 Å². The summed E-state index contributed by atoms with van der Waals surface area (Å²) in [6.45, 7) is 4.00. The van der Waals surface area contributed by atoms with Crippen LogP contribution in [0.15, 0.2) is 36.5 Å². The van der Waals surface area contributed by atoms with E-state index in [9.17, 15) is 4.79 Å². The van der Waals surface area contributed by atoms with Crippen LogP contribution >= 0.6 is 11.8 Å². The van der Waals surface area contributed by atoms with Crippen LogP contribution in [0.5, 0.6) is 0 Å². The first-order valence-corrected chi connectivity index (χ1v) is 8.51. The number of aromatic nitrogens is 3. The van der Waals surface area contributed by atoms with Crippen molar-refractivity contribution in [2.24, 2.45) is 0 Å². The molecule has 0 fully saturated rings. The van der Waals surface area contributed by atoms with Crippen LogP contribution in [0, 0.1) is 13.8 Å². The van der Waals surface area contributed by atoms with Gasteiger partial charge in [0.05, 0.1) is 17.6 Å². The van der Waals surface area contributed by atoms with Crippen LogP contribution in [0.3, 0.4) is 0 Å². The molecule has 6 heteroatoms. The average molecular weight is 326 g/mol. The third kappa shape index (κ3) is 3.90. The number of nitrogens with zero attached hydrogens (tertiary/aromatic N) is 2. The number of anilines is 1. The number of nitrogens with one attached hydrogen (secondary N) is 2. The minimum Gasteiger partial charge on any atom is -0.324 e. The fourth-order valence-corrected chi connectivity index (χ4v) is 3.12. The first kappa shape index (κ1) is 15.6. The number of pyridine rings is 1. The molecule has 0 aliphatic carbocycles. The van der Waals surface area contributed by atoms with Crippen molar-refractivity contribution < 1.29 is 4.79 Å². The lowest BCUT2D eigenvalue weighted by atomic mass is 10.2. The molecule has 23 heavy (non-hydrogen) atoms. The maximum Gasteiger partial charge on any atom is 0.234 e. The molecule has 2 aromatic heterocycles. The Hall–Kier alpha value is -2.34. The Labute approximate surface area is 138 Å². The van der Waals surface area contributed by atoms with Crippen molar-refractivity contribution in [1.82, 2.24) is 15.2 Å². The summed E-state index contributed by atoms with van der Waals surface area (Å²) in [6, 6.07) is 10.2. The first-order valence-electron chi connectivity index (χ1n) is 7.35. The quantitative estimate of drug-likeness (QED) is 0.753. The molecule has 0 radical (unpaired) electrons. The van der Waals surface area contributed by atoms with Gasteiger partial charge in [-0.05, 0) is 25.5 Å². The Kier molecular flexibility index (Phi) is 4.62. The predicted molar refractivity (Wildman–Crippen MR) is 94.6 cm³/mol. The van der Waals surface area contributed by atoms with Crippen molar-refractivity contribution in [2.45, 2.75) is 19.6 Å². The van der Waals surface area contributed by atoms with Gasteiger partial charge < -0.3 is 5.32 Å². The second-order valence-corrected chi connectivity index (χ2v) is 6.46. The van der Waals surface area contributed by atoms with E-state index in [2.05, 4.69) is 45.6 Å². The molecule has 2 N–H and O–H groups in total. The predicted octanol–water partition coefficient (Wildman–Crippen LogP) is 3.45. The zero-order valence-electron chi connectivity index (χ0n) is 13.1. The van der Waals surface area contributed by atoms with Gasteiger partial charge >= 0.3 is 0 Å². The van der Waals surface area contributed by atoms with Gasteiger partial charge in [0, 0.05) is 16.8 Å². The molecule has 0 atom stereocenters. The summed E-state index contributed by atoms with van der Waals surface area (Å²) in [5.74, 6) is 1.22. The number of H-pyrrole nitrogens is 1. The molecule has 0 saturated heterocycles. The third-order valence-electron chi connectivity index (χ3n) is 3.47. The van der Waals surface area contributed by atoms with Crippen molar-refractivity contribution in [3.8, 4) is 0 Å². The largest absolute Gasteiger partial charge is 0.324 e. The van der Waals surface area contributed by atoms with Gasteiger partial charge in [-0.2, -0.15) is 5.10 Å². The lowest BCUT2D eigenvalue weighted by Crippen LogP contribution is -2.14. The van der Waals surface area contributed by atoms with Crippen molar-refractivity contribution in [3.05, 3.63) is 53.3 Å². The highest BCUT2D eigenvalue weighted by atomic mass is 32.2. The summed E-state index contributed by atoms with van der Waals surface area (Å²) in [7, 11) is 0. The number of hydrogen-bond donors (Lipinski definition) is 2. The SMILES string of the molecule is Cc1cccc(CSCC(=O)Nc2cnc3n[nH]c(C)c3c2)c1. The van der Waals surface area contributed by atoms with Crippen LogP contribution in [-0.4, -0.2) is 26.8 Å². The van der Waals surface area contributed by atoms with Crippen LogP contribution in [0.1, 0.15) is 16.8 Å². The smallest absolute Gasteiger partial charge is 0.234 e. The van der Waals surface area contributed by atoms with Gasteiger partial charge in [0.25, 0.3) is 0 Å². The Morgan fingerprint density at radius 3 is 3.00 bits per heavy atom. The fourth-order valence-electron chi connectivity index (χ4n) is 2.35. The van der Waals surface area contributed by atoms with E-state index in [-0.39, 0.29) is 5.91 Å². The van der Waals surface area contributed by atoms with Gasteiger partial charge in [-0.1, -0.05) is 29.8 Å². The number of rotatable bonds is 5. The van der Waals surface area contributed by atoms with Crippen LogP contribution < -0.4 is 5.32 Å². The van der Waals surface area contributed by atoms with Gasteiger partial charge in [-0.15, -0.1) is 11.8 Å². The molecule has 0 bridgehead atoms. The standard InChI is InChI=1S/C17H18N4OS/c1-11-4-3-5-13(6-11)9-23-10-16(22)19-14-7-15-12(2)20-21-17(15)18-8-14/h3-8H,9-10H2,1-2H3,(H,19,22)(H,18,20,21). The van der Waals surface area contributed by atoms with Gasteiger partial charge in [-0.25, -0.2) is 4.98 Å². The molecule has 3 aromatic rings. The molecule has 0 aliphatic heterocycles. The van der Waals surface area contributed by atoms with Crippen molar-refractivity contribution in [1.29, 1.82) is 0 Å². The maximum atomic E-state index is 12.0. The summed E-state index contributed by atoms with van der Waals surface area (Å²) in [5, 5.41) is 10.8. The molecule has 0 aliphatic rings. The van der Waals surface area contributed by atoms with E-state index in [0.29, 0.717) is 17.1 Å². The molecule has 1 amide bonds. The lowest BCUT2D eigenvalue weighted by Gasteiger charge is -2.05. The van der Waals surface area contributed by atoms with E-state index in [0.717, 1.165) is 16.8 Å². The van der Waals surface area contributed by atoms with Crippen LogP contribution in [0.4, 0.5) is 5.69 Å². The van der Waals surface area contributed by atoms with E-state index in [1.165, 1.54) is 11.1 Å². The van der Waals surface area contributed by atoms with Gasteiger partial charge in [0.1, 0.15) is 0 Å². The van der Waals surface area contributed by atoms with E-state index >= 15 is 0 Å². The normalized spacial score (nSPS) is 10.9. The molecule has 2 heterocycles. The molecule has 0 unspecified atom stereocenters. The highest BCUT2D eigenvalue weighted by molar-refractivity contribution is 7.99. The number of hydrogen-bond acceptors (Lipinski definition) is 4. The number of thioether (sulfide) groups is 1. The molecular weight excluding hydrogens is 308 g/mol. The summed E-state index contributed by atoms with van der Waals surface area (Å²) >= 11 is 1.60. The second-order valence-electron chi connectivity index (χ2n) is 5.47. The summed E-state index contributed by atoms with van der Waals surface area (Å²) in [6.07, 6.45) is 1.63. The van der Waals surface area contributed by atoms with Gasteiger partial charge in [-0.3, -0.25) is 9.89 Å². The number of fused-ring (bicyclic) bond motifs is 1. The Morgan fingerprint density at radius 1 is 1.30 bits per heavy atom. The van der Waals surface area contributed by atoms with Crippen LogP contribution in [0.2, 0.25) is 0 Å².